The number of alkyl halides is 2. The summed E-state index contributed by atoms with van der Waals surface area (Å²) in [7, 11) is 0. The van der Waals surface area contributed by atoms with Crippen LogP contribution in [0.5, 0.6) is 0 Å². The maximum atomic E-state index is 12.6. The van der Waals surface area contributed by atoms with Gasteiger partial charge in [0.1, 0.15) is 0 Å². The first-order valence-corrected chi connectivity index (χ1v) is 3.33. The fraction of sp³-hybridized carbons (Fsp3) is 0.143. The van der Waals surface area contributed by atoms with Crippen molar-refractivity contribution in [2.24, 2.45) is 0 Å². The fourth-order valence-electron chi connectivity index (χ4n) is 0.709. The number of halogens is 5. The first kappa shape index (κ1) is 9.32. The highest BCUT2D eigenvalue weighted by molar-refractivity contribution is 6.30. The Morgan fingerprint density at radius 2 is 1.67 bits per heavy atom. The van der Waals surface area contributed by atoms with Crippen LogP contribution >= 0.6 is 11.6 Å². The van der Waals surface area contributed by atoms with Crippen molar-refractivity contribution in [1.82, 2.24) is 0 Å². The van der Waals surface area contributed by atoms with Crippen LogP contribution in [0.4, 0.5) is 17.6 Å². The normalized spacial score (nSPS) is 10.8. The van der Waals surface area contributed by atoms with Gasteiger partial charge in [0.05, 0.1) is 10.6 Å². The SMILES string of the molecule is Fc1c(Cl)ccc(C(F)F)c1F. The maximum absolute atomic E-state index is 12.6. The summed E-state index contributed by atoms with van der Waals surface area (Å²) in [6.45, 7) is 0. The topological polar surface area (TPSA) is 0 Å². The second-order valence-electron chi connectivity index (χ2n) is 2.07. The van der Waals surface area contributed by atoms with Crippen LogP contribution in [0.15, 0.2) is 12.1 Å². The van der Waals surface area contributed by atoms with Crippen LogP contribution in [-0.4, -0.2) is 0 Å². The molecule has 0 aliphatic heterocycles. The molecule has 0 amide bonds. The van der Waals surface area contributed by atoms with Crippen LogP contribution < -0.4 is 0 Å². The van der Waals surface area contributed by atoms with E-state index >= 15 is 0 Å². The van der Waals surface area contributed by atoms with Crippen LogP contribution in [0, 0.1) is 11.6 Å². The van der Waals surface area contributed by atoms with E-state index in [0.717, 1.165) is 12.1 Å². The summed E-state index contributed by atoms with van der Waals surface area (Å²) >= 11 is 5.13. The largest absolute Gasteiger partial charge is 0.266 e. The van der Waals surface area contributed by atoms with E-state index in [0.29, 0.717) is 0 Å². The van der Waals surface area contributed by atoms with Crippen LogP contribution in [0.3, 0.4) is 0 Å². The highest BCUT2D eigenvalue weighted by Gasteiger charge is 2.18. The molecule has 0 unspecified atom stereocenters. The smallest absolute Gasteiger partial charge is 0.205 e. The lowest BCUT2D eigenvalue weighted by molar-refractivity contribution is 0.145. The number of rotatable bonds is 1. The lowest BCUT2D eigenvalue weighted by atomic mass is 10.2. The van der Waals surface area contributed by atoms with Gasteiger partial charge in [0.2, 0.25) is 0 Å². The van der Waals surface area contributed by atoms with E-state index < -0.39 is 28.6 Å². The van der Waals surface area contributed by atoms with Crippen LogP contribution in [0.25, 0.3) is 0 Å². The maximum Gasteiger partial charge on any atom is 0.266 e. The molecule has 1 rings (SSSR count). The Balaban J connectivity index is 3.27. The lowest BCUT2D eigenvalue weighted by Gasteiger charge is -2.02. The van der Waals surface area contributed by atoms with E-state index in [2.05, 4.69) is 0 Å². The van der Waals surface area contributed by atoms with Gasteiger partial charge in [0, 0.05) is 0 Å². The average Bonchev–Trinajstić information content (AvgIpc) is 2.00. The van der Waals surface area contributed by atoms with Crippen molar-refractivity contribution < 1.29 is 17.6 Å². The molecule has 0 saturated carbocycles. The number of benzene rings is 1. The van der Waals surface area contributed by atoms with Crippen LogP contribution in [-0.2, 0) is 0 Å². The van der Waals surface area contributed by atoms with Crippen LogP contribution in [0.1, 0.15) is 12.0 Å². The third-order valence-electron chi connectivity index (χ3n) is 1.30. The molecular weight excluding hydrogens is 196 g/mol. The monoisotopic (exact) mass is 198 g/mol. The third-order valence-corrected chi connectivity index (χ3v) is 1.59. The molecule has 0 spiro atoms. The predicted molar refractivity (Wildman–Crippen MR) is 36.3 cm³/mol. The van der Waals surface area contributed by atoms with E-state index in [1.165, 1.54) is 0 Å². The minimum absolute atomic E-state index is 0.503. The van der Waals surface area contributed by atoms with Gasteiger partial charge in [-0.1, -0.05) is 11.6 Å². The van der Waals surface area contributed by atoms with E-state index in [1.54, 1.807) is 0 Å². The first-order valence-electron chi connectivity index (χ1n) is 2.95. The summed E-state index contributed by atoms with van der Waals surface area (Å²) in [5.74, 6) is -3.02. The molecule has 0 atom stereocenters. The van der Waals surface area contributed by atoms with Gasteiger partial charge < -0.3 is 0 Å². The summed E-state index contributed by atoms with van der Waals surface area (Å²) in [5.41, 5.74) is -0.975. The molecule has 0 aromatic heterocycles. The Kier molecular flexibility index (Phi) is 2.57. The number of hydrogen-bond acceptors (Lipinski definition) is 0. The van der Waals surface area contributed by atoms with Gasteiger partial charge in [-0.25, -0.2) is 17.6 Å². The average molecular weight is 199 g/mol. The van der Waals surface area contributed by atoms with Crippen molar-refractivity contribution in [1.29, 1.82) is 0 Å². The Morgan fingerprint density at radius 3 is 2.17 bits per heavy atom. The van der Waals surface area contributed by atoms with E-state index in [9.17, 15) is 17.6 Å². The zero-order valence-corrected chi connectivity index (χ0v) is 6.38. The zero-order valence-electron chi connectivity index (χ0n) is 5.62. The molecule has 0 bridgehead atoms. The summed E-state index contributed by atoms with van der Waals surface area (Å²) in [5, 5.41) is -0.503. The molecule has 0 nitrogen and oxygen atoms in total. The third kappa shape index (κ3) is 1.53. The molecule has 0 N–H and O–H groups in total. The van der Waals surface area contributed by atoms with Crippen molar-refractivity contribution in [2.45, 2.75) is 6.43 Å². The minimum atomic E-state index is -3.03. The highest BCUT2D eigenvalue weighted by Crippen LogP contribution is 2.27. The van der Waals surface area contributed by atoms with Gasteiger partial charge in [-0.15, -0.1) is 0 Å². The van der Waals surface area contributed by atoms with Crippen LogP contribution in [0.2, 0.25) is 5.02 Å². The molecule has 66 valence electrons. The van der Waals surface area contributed by atoms with E-state index in [1.807, 2.05) is 0 Å². The molecule has 1 aromatic carbocycles. The summed E-state index contributed by atoms with van der Waals surface area (Å²) in [6, 6.07) is 1.65. The minimum Gasteiger partial charge on any atom is -0.205 e. The Morgan fingerprint density at radius 1 is 1.08 bits per heavy atom. The van der Waals surface area contributed by atoms with E-state index in [-0.39, 0.29) is 0 Å². The Hall–Kier alpha value is -0.770. The van der Waals surface area contributed by atoms with Gasteiger partial charge in [-0.3, -0.25) is 0 Å². The first-order chi connectivity index (χ1) is 5.54. The molecule has 0 radical (unpaired) electrons. The molecule has 1 aromatic rings. The molecule has 0 saturated heterocycles. The second-order valence-corrected chi connectivity index (χ2v) is 2.47. The molecule has 5 heteroatoms. The highest BCUT2D eigenvalue weighted by atomic mass is 35.5. The van der Waals surface area contributed by atoms with Crippen molar-refractivity contribution in [3.05, 3.63) is 34.4 Å². The summed E-state index contributed by atoms with van der Waals surface area (Å²) < 4.78 is 48.9. The zero-order chi connectivity index (χ0) is 9.30. The fourth-order valence-corrected chi connectivity index (χ4v) is 0.855. The molecule has 0 fully saturated rings. The van der Waals surface area contributed by atoms with Gasteiger partial charge in [-0.05, 0) is 12.1 Å². The van der Waals surface area contributed by atoms with Gasteiger partial charge in [-0.2, -0.15) is 0 Å². The van der Waals surface area contributed by atoms with Gasteiger partial charge in [0.25, 0.3) is 6.43 Å². The number of hydrogen-bond donors (Lipinski definition) is 0. The van der Waals surface area contributed by atoms with Crippen molar-refractivity contribution >= 4 is 11.6 Å². The molecule has 0 heterocycles. The molecule has 12 heavy (non-hydrogen) atoms. The molecule has 0 aliphatic rings. The van der Waals surface area contributed by atoms with Crippen molar-refractivity contribution in [2.75, 3.05) is 0 Å². The summed E-state index contributed by atoms with van der Waals surface area (Å²) in [4.78, 5) is 0. The second kappa shape index (κ2) is 3.31. The molecule has 0 aliphatic carbocycles. The Bertz CT molecular complexity index is 298. The van der Waals surface area contributed by atoms with Gasteiger partial charge >= 0.3 is 0 Å². The molecular formula is C7H3ClF4. The predicted octanol–water partition coefficient (Wildman–Crippen LogP) is 3.56. The van der Waals surface area contributed by atoms with Gasteiger partial charge in [0.15, 0.2) is 11.6 Å². The van der Waals surface area contributed by atoms with Crippen molar-refractivity contribution in [3.63, 3.8) is 0 Å². The van der Waals surface area contributed by atoms with Crippen molar-refractivity contribution in [3.8, 4) is 0 Å². The summed E-state index contributed by atoms with van der Waals surface area (Å²) in [6.07, 6.45) is -3.03. The quantitative estimate of drug-likeness (QED) is 0.478. The standard InChI is InChI=1S/C7H3ClF4/c8-4-2-1-3(7(11)12)5(9)6(4)10/h1-2,7H. The Labute approximate surface area is 70.8 Å². The van der Waals surface area contributed by atoms with E-state index in [4.69, 9.17) is 11.6 Å². The lowest BCUT2D eigenvalue weighted by Crippen LogP contribution is -1.94.